The van der Waals surface area contributed by atoms with Crippen molar-refractivity contribution in [3.8, 4) is 5.75 Å². The Morgan fingerprint density at radius 1 is 1.33 bits per heavy atom. The summed E-state index contributed by atoms with van der Waals surface area (Å²) < 4.78 is 5.61. The highest BCUT2D eigenvalue weighted by Gasteiger charge is 2.14. The Morgan fingerprint density at radius 3 is 2.76 bits per heavy atom. The maximum absolute atomic E-state index is 11.0. The van der Waals surface area contributed by atoms with Gasteiger partial charge in [-0.25, -0.2) is 0 Å². The van der Waals surface area contributed by atoms with Gasteiger partial charge in [0.1, 0.15) is 12.4 Å². The van der Waals surface area contributed by atoms with Crippen LogP contribution in [0.5, 0.6) is 5.75 Å². The SMILES string of the molecule is C[C@@H](N)c1cccc(OCc2ccc(Cl)cc2[N+](=O)[O-])c1. The van der Waals surface area contributed by atoms with Crippen molar-refractivity contribution in [3.63, 3.8) is 0 Å². The van der Waals surface area contributed by atoms with Crippen molar-refractivity contribution in [1.82, 2.24) is 0 Å². The monoisotopic (exact) mass is 306 g/mol. The molecular weight excluding hydrogens is 292 g/mol. The molecule has 0 saturated carbocycles. The number of nitro groups is 1. The molecule has 0 saturated heterocycles. The molecule has 110 valence electrons. The first-order valence-electron chi connectivity index (χ1n) is 6.38. The van der Waals surface area contributed by atoms with Gasteiger partial charge in [0, 0.05) is 17.1 Å². The van der Waals surface area contributed by atoms with Crippen molar-refractivity contribution < 1.29 is 9.66 Å². The van der Waals surface area contributed by atoms with E-state index in [4.69, 9.17) is 22.1 Å². The first-order chi connectivity index (χ1) is 9.97. The molecule has 0 amide bonds. The predicted octanol–water partition coefficient (Wildman–Crippen LogP) is 3.85. The Balaban J connectivity index is 2.17. The van der Waals surface area contributed by atoms with Crippen LogP contribution in [0.15, 0.2) is 42.5 Å². The minimum absolute atomic E-state index is 0.0501. The average molecular weight is 307 g/mol. The first kappa shape index (κ1) is 15.3. The molecular formula is C15H15ClN2O3. The van der Waals surface area contributed by atoms with Crippen LogP contribution in [0.4, 0.5) is 5.69 Å². The van der Waals surface area contributed by atoms with E-state index in [0.717, 1.165) is 5.56 Å². The number of nitrogens with zero attached hydrogens (tertiary/aromatic N) is 1. The van der Waals surface area contributed by atoms with Crippen LogP contribution in [0.1, 0.15) is 24.1 Å². The summed E-state index contributed by atoms with van der Waals surface area (Å²) in [7, 11) is 0. The van der Waals surface area contributed by atoms with E-state index in [1.54, 1.807) is 18.2 Å². The minimum Gasteiger partial charge on any atom is -0.489 e. The molecule has 0 heterocycles. The van der Waals surface area contributed by atoms with Crippen molar-refractivity contribution in [2.24, 2.45) is 5.73 Å². The Labute approximate surface area is 127 Å². The zero-order valence-electron chi connectivity index (χ0n) is 11.5. The highest BCUT2D eigenvalue weighted by molar-refractivity contribution is 6.30. The molecule has 2 rings (SSSR count). The van der Waals surface area contributed by atoms with Gasteiger partial charge in [0.05, 0.1) is 10.5 Å². The summed E-state index contributed by atoms with van der Waals surface area (Å²) in [6.45, 7) is 1.97. The van der Waals surface area contributed by atoms with Gasteiger partial charge in [-0.05, 0) is 36.8 Å². The second kappa shape index (κ2) is 6.56. The van der Waals surface area contributed by atoms with E-state index in [9.17, 15) is 10.1 Å². The van der Waals surface area contributed by atoms with Crippen molar-refractivity contribution in [3.05, 3.63) is 68.7 Å². The van der Waals surface area contributed by atoms with Gasteiger partial charge in [0.25, 0.3) is 5.69 Å². The molecule has 0 spiro atoms. The molecule has 0 fully saturated rings. The Hall–Kier alpha value is -2.11. The molecule has 0 aliphatic rings. The van der Waals surface area contributed by atoms with Crippen molar-refractivity contribution in [1.29, 1.82) is 0 Å². The minimum atomic E-state index is -0.469. The number of hydrogen-bond acceptors (Lipinski definition) is 4. The van der Waals surface area contributed by atoms with Gasteiger partial charge in [-0.2, -0.15) is 0 Å². The maximum Gasteiger partial charge on any atom is 0.277 e. The fraction of sp³-hybridized carbons (Fsp3) is 0.200. The molecule has 6 heteroatoms. The van der Waals surface area contributed by atoms with Gasteiger partial charge in [-0.15, -0.1) is 0 Å². The largest absolute Gasteiger partial charge is 0.489 e. The summed E-state index contributed by atoms with van der Waals surface area (Å²) in [5.74, 6) is 0.619. The van der Waals surface area contributed by atoms with Crippen LogP contribution in [0.2, 0.25) is 5.02 Å². The predicted molar refractivity (Wildman–Crippen MR) is 81.5 cm³/mol. The number of benzene rings is 2. The van der Waals surface area contributed by atoms with Crippen LogP contribution in [0.3, 0.4) is 0 Å². The van der Waals surface area contributed by atoms with Gasteiger partial charge < -0.3 is 10.5 Å². The smallest absolute Gasteiger partial charge is 0.277 e. The molecule has 0 radical (unpaired) electrons. The normalized spacial score (nSPS) is 12.0. The highest BCUT2D eigenvalue weighted by atomic mass is 35.5. The Morgan fingerprint density at radius 2 is 2.10 bits per heavy atom. The maximum atomic E-state index is 11.0. The summed E-state index contributed by atoms with van der Waals surface area (Å²) in [6, 6.07) is 11.8. The molecule has 0 unspecified atom stereocenters. The third-order valence-electron chi connectivity index (χ3n) is 3.02. The first-order valence-corrected chi connectivity index (χ1v) is 6.76. The van der Waals surface area contributed by atoms with Crippen molar-refractivity contribution >= 4 is 17.3 Å². The molecule has 2 aromatic carbocycles. The topological polar surface area (TPSA) is 78.4 Å². The van der Waals surface area contributed by atoms with Gasteiger partial charge in [-0.1, -0.05) is 23.7 Å². The molecule has 21 heavy (non-hydrogen) atoms. The fourth-order valence-corrected chi connectivity index (χ4v) is 2.04. The van der Waals surface area contributed by atoms with Gasteiger partial charge in [-0.3, -0.25) is 10.1 Å². The highest BCUT2D eigenvalue weighted by Crippen LogP contribution is 2.25. The van der Waals surface area contributed by atoms with Gasteiger partial charge in [0.15, 0.2) is 0 Å². The average Bonchev–Trinajstić information content (AvgIpc) is 2.46. The zero-order chi connectivity index (χ0) is 15.4. The number of hydrogen-bond donors (Lipinski definition) is 1. The Bertz CT molecular complexity index is 659. The van der Waals surface area contributed by atoms with E-state index in [0.29, 0.717) is 16.3 Å². The zero-order valence-corrected chi connectivity index (χ0v) is 12.2. The second-order valence-corrected chi connectivity index (χ2v) is 5.12. The lowest BCUT2D eigenvalue weighted by molar-refractivity contribution is -0.385. The molecule has 1 atom stereocenters. The van der Waals surface area contributed by atoms with Crippen LogP contribution >= 0.6 is 11.6 Å². The molecule has 0 aliphatic heterocycles. The second-order valence-electron chi connectivity index (χ2n) is 4.68. The van der Waals surface area contributed by atoms with Crippen LogP contribution in [-0.2, 0) is 6.61 Å². The number of nitrogens with two attached hydrogens (primary N) is 1. The quantitative estimate of drug-likeness (QED) is 0.672. The van der Waals surface area contributed by atoms with Crippen molar-refractivity contribution in [2.75, 3.05) is 0 Å². The van der Waals surface area contributed by atoms with E-state index >= 15 is 0 Å². The summed E-state index contributed by atoms with van der Waals surface area (Å²) in [6.07, 6.45) is 0. The van der Waals surface area contributed by atoms with Crippen LogP contribution in [0, 0.1) is 10.1 Å². The lowest BCUT2D eigenvalue weighted by Crippen LogP contribution is -2.05. The Kier molecular flexibility index (Phi) is 4.77. The fourth-order valence-electron chi connectivity index (χ4n) is 1.88. The van der Waals surface area contributed by atoms with E-state index in [-0.39, 0.29) is 18.3 Å². The summed E-state index contributed by atoms with van der Waals surface area (Å²) in [5, 5.41) is 11.3. The summed E-state index contributed by atoms with van der Waals surface area (Å²) >= 11 is 5.77. The third kappa shape index (κ3) is 3.93. The van der Waals surface area contributed by atoms with E-state index in [1.165, 1.54) is 6.07 Å². The van der Waals surface area contributed by atoms with Crippen molar-refractivity contribution in [2.45, 2.75) is 19.6 Å². The number of ether oxygens (including phenoxy) is 1. The molecule has 0 aromatic heterocycles. The van der Waals surface area contributed by atoms with Crippen LogP contribution in [0.25, 0.3) is 0 Å². The molecule has 2 N–H and O–H groups in total. The number of nitro benzene ring substituents is 1. The third-order valence-corrected chi connectivity index (χ3v) is 3.26. The molecule has 0 aliphatic carbocycles. The van der Waals surface area contributed by atoms with Crippen LogP contribution in [-0.4, -0.2) is 4.92 Å². The van der Waals surface area contributed by atoms with E-state index < -0.39 is 4.92 Å². The standard InChI is InChI=1S/C15H15ClN2O3/c1-10(17)11-3-2-4-14(7-11)21-9-12-5-6-13(16)8-15(12)18(19)20/h2-8,10H,9,17H2,1H3/t10-/m1/s1. The lowest BCUT2D eigenvalue weighted by Gasteiger charge is -2.10. The van der Waals surface area contributed by atoms with E-state index in [1.807, 2.05) is 25.1 Å². The lowest BCUT2D eigenvalue weighted by atomic mass is 10.1. The molecule has 0 bridgehead atoms. The summed E-state index contributed by atoms with van der Waals surface area (Å²) in [5.41, 5.74) is 7.17. The number of rotatable bonds is 5. The molecule has 2 aromatic rings. The number of halogens is 1. The van der Waals surface area contributed by atoms with Gasteiger partial charge in [0.2, 0.25) is 0 Å². The van der Waals surface area contributed by atoms with Gasteiger partial charge >= 0.3 is 0 Å². The molecule has 5 nitrogen and oxygen atoms in total. The van der Waals surface area contributed by atoms with E-state index in [2.05, 4.69) is 0 Å². The summed E-state index contributed by atoms with van der Waals surface area (Å²) in [4.78, 5) is 10.5. The van der Waals surface area contributed by atoms with Crippen LogP contribution < -0.4 is 10.5 Å².